The minimum absolute atomic E-state index is 0.124. The third-order valence-corrected chi connectivity index (χ3v) is 3.26. The topological polar surface area (TPSA) is 55.1 Å². The van der Waals surface area contributed by atoms with Gasteiger partial charge in [-0.15, -0.1) is 0 Å². The number of nitrogens with one attached hydrogen (secondary N) is 1. The molecule has 3 N–H and O–H groups in total. The number of nitrogens with two attached hydrogens (primary N) is 1. The SMILES string of the molecule is NCCCCCCC(=O)Nc1c(Cl)cccc1C(F)(F)F. The maximum absolute atomic E-state index is 12.8. The highest BCUT2D eigenvalue weighted by molar-refractivity contribution is 6.34. The van der Waals surface area contributed by atoms with Crippen molar-refractivity contribution in [3.05, 3.63) is 28.8 Å². The first-order valence-electron chi connectivity index (χ1n) is 6.72. The van der Waals surface area contributed by atoms with Gasteiger partial charge >= 0.3 is 6.18 Å². The minimum atomic E-state index is -4.56. The Morgan fingerprint density at radius 3 is 2.48 bits per heavy atom. The van der Waals surface area contributed by atoms with Crippen LogP contribution in [0.25, 0.3) is 0 Å². The first kappa shape index (κ1) is 17.8. The molecule has 0 aromatic heterocycles. The molecule has 1 rings (SSSR count). The first-order chi connectivity index (χ1) is 9.86. The molecule has 0 aliphatic heterocycles. The highest BCUT2D eigenvalue weighted by atomic mass is 35.5. The van der Waals surface area contributed by atoms with Gasteiger partial charge in [0, 0.05) is 6.42 Å². The molecule has 0 fully saturated rings. The quantitative estimate of drug-likeness (QED) is 0.739. The van der Waals surface area contributed by atoms with Gasteiger partial charge in [-0.3, -0.25) is 4.79 Å². The number of hydrogen-bond donors (Lipinski definition) is 2. The third-order valence-electron chi connectivity index (χ3n) is 2.94. The predicted molar refractivity (Wildman–Crippen MR) is 77.2 cm³/mol. The molecule has 0 aliphatic rings. The van der Waals surface area contributed by atoms with Crippen LogP contribution in [0.4, 0.5) is 18.9 Å². The number of anilines is 1. The molecule has 0 spiro atoms. The summed E-state index contributed by atoms with van der Waals surface area (Å²) in [5.41, 5.74) is 4.03. The molecule has 1 amide bonds. The van der Waals surface area contributed by atoms with Gasteiger partial charge in [0.15, 0.2) is 0 Å². The molecule has 0 saturated heterocycles. The zero-order chi connectivity index (χ0) is 15.9. The van der Waals surface area contributed by atoms with Gasteiger partial charge in [-0.05, 0) is 31.5 Å². The van der Waals surface area contributed by atoms with Crippen LogP contribution in [0.15, 0.2) is 18.2 Å². The highest BCUT2D eigenvalue weighted by Gasteiger charge is 2.34. The summed E-state index contributed by atoms with van der Waals surface area (Å²) in [6.07, 6.45) is -1.19. The Labute approximate surface area is 126 Å². The van der Waals surface area contributed by atoms with E-state index in [0.717, 1.165) is 25.3 Å². The monoisotopic (exact) mass is 322 g/mol. The molecule has 0 atom stereocenters. The lowest BCUT2D eigenvalue weighted by molar-refractivity contribution is -0.137. The van der Waals surface area contributed by atoms with E-state index in [2.05, 4.69) is 5.32 Å². The molecule has 1 aromatic carbocycles. The molecular weight excluding hydrogens is 305 g/mol. The summed E-state index contributed by atoms with van der Waals surface area (Å²) in [6, 6.07) is 3.41. The van der Waals surface area contributed by atoms with Crippen molar-refractivity contribution in [2.24, 2.45) is 5.73 Å². The van der Waals surface area contributed by atoms with Crippen LogP contribution in [-0.2, 0) is 11.0 Å². The first-order valence-corrected chi connectivity index (χ1v) is 7.09. The molecular formula is C14H18ClF3N2O. The van der Waals surface area contributed by atoms with Crippen LogP contribution in [0.1, 0.15) is 37.7 Å². The summed E-state index contributed by atoms with van der Waals surface area (Å²) in [5.74, 6) is -0.471. The molecule has 0 radical (unpaired) electrons. The molecule has 0 heterocycles. The van der Waals surface area contributed by atoms with Crippen LogP contribution in [0.2, 0.25) is 5.02 Å². The summed E-state index contributed by atoms with van der Waals surface area (Å²) < 4.78 is 38.5. The number of para-hydroxylation sites is 1. The number of carbonyl (C=O) groups excluding carboxylic acids is 1. The molecule has 21 heavy (non-hydrogen) atoms. The van der Waals surface area contributed by atoms with E-state index in [1.807, 2.05) is 0 Å². The molecule has 118 valence electrons. The van der Waals surface area contributed by atoms with E-state index in [1.54, 1.807) is 0 Å². The van der Waals surface area contributed by atoms with Crippen molar-refractivity contribution in [3.63, 3.8) is 0 Å². The van der Waals surface area contributed by atoms with Crippen molar-refractivity contribution < 1.29 is 18.0 Å². The lowest BCUT2D eigenvalue weighted by Gasteiger charge is -2.15. The van der Waals surface area contributed by atoms with Crippen LogP contribution >= 0.6 is 11.6 Å². The van der Waals surface area contributed by atoms with Crippen molar-refractivity contribution in [2.45, 2.75) is 38.3 Å². The fraction of sp³-hybridized carbons (Fsp3) is 0.500. The molecule has 1 aromatic rings. The third kappa shape index (κ3) is 5.93. The Morgan fingerprint density at radius 1 is 1.19 bits per heavy atom. The zero-order valence-electron chi connectivity index (χ0n) is 11.5. The van der Waals surface area contributed by atoms with E-state index in [0.29, 0.717) is 13.0 Å². The van der Waals surface area contributed by atoms with Crippen molar-refractivity contribution in [1.82, 2.24) is 0 Å². The maximum Gasteiger partial charge on any atom is 0.418 e. The van der Waals surface area contributed by atoms with E-state index in [9.17, 15) is 18.0 Å². The van der Waals surface area contributed by atoms with E-state index < -0.39 is 17.6 Å². The molecule has 0 saturated carbocycles. The zero-order valence-corrected chi connectivity index (χ0v) is 12.2. The smallest absolute Gasteiger partial charge is 0.330 e. The summed E-state index contributed by atoms with van der Waals surface area (Å²) in [7, 11) is 0. The van der Waals surface area contributed by atoms with Gasteiger partial charge in [-0.1, -0.05) is 30.5 Å². The number of alkyl halides is 3. The number of halogens is 4. The maximum atomic E-state index is 12.8. The van der Waals surface area contributed by atoms with Crippen molar-refractivity contribution in [3.8, 4) is 0 Å². The van der Waals surface area contributed by atoms with Gasteiger partial charge in [0.1, 0.15) is 0 Å². The summed E-state index contributed by atoms with van der Waals surface area (Å²) in [6.45, 7) is 0.598. The normalized spacial score (nSPS) is 11.5. The van der Waals surface area contributed by atoms with E-state index in [1.165, 1.54) is 12.1 Å². The van der Waals surface area contributed by atoms with Crippen LogP contribution in [-0.4, -0.2) is 12.5 Å². The summed E-state index contributed by atoms with van der Waals surface area (Å²) in [4.78, 5) is 11.7. The van der Waals surface area contributed by atoms with Gasteiger partial charge in [0.2, 0.25) is 5.91 Å². The molecule has 7 heteroatoms. The van der Waals surface area contributed by atoms with E-state index in [4.69, 9.17) is 17.3 Å². The van der Waals surface area contributed by atoms with Crippen LogP contribution in [0.5, 0.6) is 0 Å². The second kappa shape index (κ2) is 8.24. The van der Waals surface area contributed by atoms with E-state index in [-0.39, 0.29) is 17.1 Å². The molecule has 0 aliphatic carbocycles. The highest BCUT2D eigenvalue weighted by Crippen LogP contribution is 2.38. The van der Waals surface area contributed by atoms with Gasteiger partial charge in [0.05, 0.1) is 16.3 Å². The van der Waals surface area contributed by atoms with Crippen molar-refractivity contribution >= 4 is 23.2 Å². The molecule has 3 nitrogen and oxygen atoms in total. The fourth-order valence-electron chi connectivity index (χ4n) is 1.87. The Hall–Kier alpha value is -1.27. The minimum Gasteiger partial charge on any atom is -0.330 e. The van der Waals surface area contributed by atoms with Gasteiger partial charge in [0.25, 0.3) is 0 Å². The number of hydrogen-bond acceptors (Lipinski definition) is 2. The average molecular weight is 323 g/mol. The van der Waals surface area contributed by atoms with Gasteiger partial charge in [-0.2, -0.15) is 13.2 Å². The van der Waals surface area contributed by atoms with E-state index >= 15 is 0 Å². The molecule has 0 unspecified atom stereocenters. The fourth-order valence-corrected chi connectivity index (χ4v) is 2.09. The van der Waals surface area contributed by atoms with Crippen molar-refractivity contribution in [1.29, 1.82) is 0 Å². The molecule has 0 bridgehead atoms. The average Bonchev–Trinajstić information content (AvgIpc) is 2.39. The van der Waals surface area contributed by atoms with Crippen LogP contribution in [0.3, 0.4) is 0 Å². The second-order valence-electron chi connectivity index (χ2n) is 4.66. The number of amides is 1. The Morgan fingerprint density at radius 2 is 1.86 bits per heavy atom. The second-order valence-corrected chi connectivity index (χ2v) is 5.07. The number of rotatable bonds is 7. The van der Waals surface area contributed by atoms with Gasteiger partial charge in [-0.25, -0.2) is 0 Å². The lowest BCUT2D eigenvalue weighted by atomic mass is 10.1. The Bertz CT molecular complexity index is 478. The standard InChI is InChI=1S/C14H18ClF3N2O/c15-11-7-5-6-10(14(16,17)18)13(11)20-12(21)8-3-1-2-4-9-19/h5-7H,1-4,8-9,19H2,(H,20,21). The lowest BCUT2D eigenvalue weighted by Crippen LogP contribution is -2.16. The summed E-state index contributed by atoms with van der Waals surface area (Å²) >= 11 is 5.75. The predicted octanol–water partition coefficient (Wildman–Crippen LogP) is 4.21. The number of carbonyl (C=O) groups is 1. The van der Waals surface area contributed by atoms with Crippen LogP contribution < -0.4 is 11.1 Å². The largest absolute Gasteiger partial charge is 0.418 e. The summed E-state index contributed by atoms with van der Waals surface area (Å²) in [5, 5.41) is 2.14. The Kier molecular flexibility index (Phi) is 6.98. The van der Waals surface area contributed by atoms with Crippen LogP contribution in [0, 0.1) is 0 Å². The van der Waals surface area contributed by atoms with Gasteiger partial charge < -0.3 is 11.1 Å². The number of unbranched alkanes of at least 4 members (excludes halogenated alkanes) is 3. The van der Waals surface area contributed by atoms with Crippen molar-refractivity contribution in [2.75, 3.05) is 11.9 Å². The number of benzene rings is 1. The Balaban J connectivity index is 2.64.